The first-order chi connectivity index (χ1) is 10.6. The molecule has 0 amide bonds. The minimum Gasteiger partial charge on any atom is -0.244 e. The van der Waals surface area contributed by atoms with Crippen LogP contribution in [0.25, 0.3) is 0 Å². The van der Waals surface area contributed by atoms with E-state index in [1.807, 2.05) is 0 Å². The van der Waals surface area contributed by atoms with Crippen LogP contribution >= 0.6 is 11.6 Å². The first-order valence-electron chi connectivity index (χ1n) is 6.57. The Balaban J connectivity index is 2.22. The lowest BCUT2D eigenvalue weighted by Gasteiger charge is -2.26. The third-order valence-corrected chi connectivity index (χ3v) is 3.69. The molecule has 2 aromatic carbocycles. The minimum absolute atomic E-state index is 0.268. The lowest BCUT2D eigenvalue weighted by atomic mass is 9.83. The van der Waals surface area contributed by atoms with Crippen molar-refractivity contribution >= 4 is 11.6 Å². The number of benzene rings is 2. The Bertz CT molecular complexity index is 713. The van der Waals surface area contributed by atoms with E-state index in [4.69, 9.17) is 11.6 Å². The van der Waals surface area contributed by atoms with Crippen LogP contribution in [0.2, 0.25) is 5.02 Å². The van der Waals surface area contributed by atoms with E-state index in [1.165, 1.54) is 43.0 Å². The van der Waals surface area contributed by atoms with Gasteiger partial charge in [0, 0.05) is 23.0 Å². The van der Waals surface area contributed by atoms with E-state index in [2.05, 4.69) is 9.97 Å². The van der Waals surface area contributed by atoms with E-state index in [-0.39, 0.29) is 5.56 Å². The zero-order valence-corrected chi connectivity index (χ0v) is 12.1. The molecule has 5 heteroatoms. The van der Waals surface area contributed by atoms with Crippen LogP contribution in [0, 0.1) is 5.82 Å². The van der Waals surface area contributed by atoms with Gasteiger partial charge in [0.2, 0.25) is 0 Å². The Morgan fingerprint density at radius 3 is 1.82 bits per heavy atom. The number of halogens is 3. The lowest BCUT2D eigenvalue weighted by molar-refractivity contribution is 0.279. The molecule has 22 heavy (non-hydrogen) atoms. The molecule has 1 aromatic heterocycles. The average molecular weight is 317 g/mol. The zero-order valence-electron chi connectivity index (χ0n) is 11.4. The Morgan fingerprint density at radius 1 is 0.773 bits per heavy atom. The molecular formula is C17H11ClF2N2. The van der Waals surface area contributed by atoms with Gasteiger partial charge < -0.3 is 0 Å². The van der Waals surface area contributed by atoms with E-state index >= 15 is 4.39 Å². The second-order valence-electron chi connectivity index (χ2n) is 4.80. The number of alkyl halides is 1. The fourth-order valence-corrected chi connectivity index (χ4v) is 2.46. The molecular weight excluding hydrogens is 306 g/mol. The van der Waals surface area contributed by atoms with Crippen molar-refractivity contribution in [3.63, 3.8) is 0 Å². The van der Waals surface area contributed by atoms with Crippen molar-refractivity contribution in [3.05, 3.63) is 94.8 Å². The van der Waals surface area contributed by atoms with E-state index in [9.17, 15) is 4.39 Å². The summed E-state index contributed by atoms with van der Waals surface area (Å²) in [6, 6.07) is 11.7. The zero-order chi connectivity index (χ0) is 15.6. The maximum Gasteiger partial charge on any atom is 0.189 e. The molecule has 0 aliphatic heterocycles. The molecule has 0 N–H and O–H groups in total. The average Bonchev–Trinajstić information content (AvgIpc) is 2.56. The molecule has 1 heterocycles. The van der Waals surface area contributed by atoms with Gasteiger partial charge in [-0.2, -0.15) is 0 Å². The molecule has 0 aliphatic carbocycles. The van der Waals surface area contributed by atoms with Crippen molar-refractivity contribution in [2.75, 3.05) is 0 Å². The topological polar surface area (TPSA) is 25.8 Å². The summed E-state index contributed by atoms with van der Waals surface area (Å²) in [5.41, 5.74) is -1.05. The first-order valence-corrected chi connectivity index (χ1v) is 6.95. The lowest BCUT2D eigenvalue weighted by Crippen LogP contribution is -2.24. The predicted molar refractivity (Wildman–Crippen MR) is 80.9 cm³/mol. The van der Waals surface area contributed by atoms with Gasteiger partial charge in [0.25, 0.3) is 0 Å². The Morgan fingerprint density at radius 2 is 1.27 bits per heavy atom. The van der Waals surface area contributed by atoms with Crippen molar-refractivity contribution < 1.29 is 8.78 Å². The number of hydrogen-bond acceptors (Lipinski definition) is 2. The quantitative estimate of drug-likeness (QED) is 0.709. The van der Waals surface area contributed by atoms with Gasteiger partial charge in [0.1, 0.15) is 12.1 Å². The van der Waals surface area contributed by atoms with Gasteiger partial charge in [-0.25, -0.2) is 18.7 Å². The molecule has 0 saturated heterocycles. The summed E-state index contributed by atoms with van der Waals surface area (Å²) in [5.74, 6) is -0.425. The Hall–Kier alpha value is -2.33. The van der Waals surface area contributed by atoms with Crippen molar-refractivity contribution in [3.8, 4) is 0 Å². The van der Waals surface area contributed by atoms with Crippen LogP contribution in [-0.4, -0.2) is 9.97 Å². The van der Waals surface area contributed by atoms with Gasteiger partial charge in [-0.05, 0) is 35.4 Å². The summed E-state index contributed by atoms with van der Waals surface area (Å²) in [6.45, 7) is 0. The maximum absolute atomic E-state index is 16.0. The van der Waals surface area contributed by atoms with Crippen LogP contribution in [0.15, 0.2) is 67.3 Å². The SMILES string of the molecule is Fc1ccc([C@@](F)(c2ccc(Cl)cc2)c2cncnc2)cc1. The molecule has 0 bridgehead atoms. The highest BCUT2D eigenvalue weighted by atomic mass is 35.5. The normalized spacial score (nSPS) is 13.6. The standard InChI is InChI=1S/C17H11ClF2N2/c18-15-5-1-12(2-6-15)17(20,14-9-21-11-22-10-14)13-3-7-16(19)8-4-13/h1-11H/t17-/m0/s1. The van der Waals surface area contributed by atoms with Crippen LogP contribution in [0.4, 0.5) is 8.78 Å². The van der Waals surface area contributed by atoms with E-state index < -0.39 is 11.5 Å². The Labute approximate surface area is 131 Å². The second-order valence-corrected chi connectivity index (χ2v) is 5.24. The van der Waals surface area contributed by atoms with Gasteiger partial charge in [-0.1, -0.05) is 35.9 Å². The maximum atomic E-state index is 16.0. The van der Waals surface area contributed by atoms with Gasteiger partial charge in [-0.3, -0.25) is 0 Å². The highest BCUT2D eigenvalue weighted by molar-refractivity contribution is 6.30. The molecule has 0 unspecified atom stereocenters. The van der Waals surface area contributed by atoms with Crippen LogP contribution in [0.1, 0.15) is 16.7 Å². The highest BCUT2D eigenvalue weighted by Gasteiger charge is 2.37. The number of rotatable bonds is 3. The number of aromatic nitrogens is 2. The van der Waals surface area contributed by atoms with Crippen molar-refractivity contribution in [1.29, 1.82) is 0 Å². The monoisotopic (exact) mass is 316 g/mol. The molecule has 1 atom stereocenters. The molecule has 0 radical (unpaired) electrons. The Kier molecular flexibility index (Phi) is 3.86. The summed E-state index contributed by atoms with van der Waals surface area (Å²) >= 11 is 5.88. The minimum atomic E-state index is -1.99. The van der Waals surface area contributed by atoms with Crippen molar-refractivity contribution in [2.24, 2.45) is 0 Å². The summed E-state index contributed by atoms with van der Waals surface area (Å²) in [6.07, 6.45) is 4.15. The summed E-state index contributed by atoms with van der Waals surface area (Å²) in [5, 5.41) is 0.509. The molecule has 0 spiro atoms. The molecule has 3 rings (SSSR count). The number of nitrogens with zero attached hydrogens (tertiary/aromatic N) is 2. The van der Waals surface area contributed by atoms with Crippen molar-refractivity contribution in [2.45, 2.75) is 5.67 Å². The molecule has 0 saturated carbocycles. The fourth-order valence-electron chi connectivity index (χ4n) is 2.34. The molecule has 0 aliphatic rings. The third kappa shape index (κ3) is 2.57. The van der Waals surface area contributed by atoms with Crippen LogP contribution in [0.3, 0.4) is 0 Å². The summed E-state index contributed by atoms with van der Waals surface area (Å²) < 4.78 is 29.2. The summed E-state index contributed by atoms with van der Waals surface area (Å²) in [4.78, 5) is 7.77. The van der Waals surface area contributed by atoms with Crippen LogP contribution < -0.4 is 0 Å². The van der Waals surface area contributed by atoms with Gasteiger partial charge >= 0.3 is 0 Å². The summed E-state index contributed by atoms with van der Waals surface area (Å²) in [7, 11) is 0. The van der Waals surface area contributed by atoms with Crippen LogP contribution in [-0.2, 0) is 5.67 Å². The molecule has 110 valence electrons. The van der Waals surface area contributed by atoms with Gasteiger partial charge in [0.05, 0.1) is 0 Å². The van der Waals surface area contributed by atoms with E-state index in [0.29, 0.717) is 16.1 Å². The second kappa shape index (κ2) is 5.81. The number of hydrogen-bond donors (Lipinski definition) is 0. The van der Waals surface area contributed by atoms with Gasteiger partial charge in [-0.15, -0.1) is 0 Å². The highest BCUT2D eigenvalue weighted by Crippen LogP contribution is 2.40. The fraction of sp³-hybridized carbons (Fsp3) is 0.0588. The first kappa shape index (κ1) is 14.6. The third-order valence-electron chi connectivity index (χ3n) is 3.44. The van der Waals surface area contributed by atoms with Gasteiger partial charge in [0.15, 0.2) is 5.67 Å². The van der Waals surface area contributed by atoms with E-state index in [0.717, 1.165) is 0 Å². The molecule has 0 fully saturated rings. The van der Waals surface area contributed by atoms with Crippen molar-refractivity contribution in [1.82, 2.24) is 9.97 Å². The predicted octanol–water partition coefficient (Wildman–Crippen LogP) is 4.53. The molecule has 3 aromatic rings. The van der Waals surface area contributed by atoms with E-state index in [1.54, 1.807) is 24.3 Å². The van der Waals surface area contributed by atoms with Crippen LogP contribution in [0.5, 0.6) is 0 Å². The smallest absolute Gasteiger partial charge is 0.189 e. The largest absolute Gasteiger partial charge is 0.244 e. The molecule has 2 nitrogen and oxygen atoms in total.